The summed E-state index contributed by atoms with van der Waals surface area (Å²) in [4.78, 5) is 16.6. The lowest BCUT2D eigenvalue weighted by Gasteiger charge is -2.13. The fourth-order valence-corrected chi connectivity index (χ4v) is 3.17. The number of amides is 1. The van der Waals surface area contributed by atoms with E-state index in [1.807, 2.05) is 31.2 Å². The van der Waals surface area contributed by atoms with Gasteiger partial charge in [0, 0.05) is 24.9 Å². The van der Waals surface area contributed by atoms with E-state index in [0.29, 0.717) is 47.8 Å². The zero-order chi connectivity index (χ0) is 22.2. The predicted molar refractivity (Wildman–Crippen MR) is 116 cm³/mol. The standard InChI is InChI=1S/C22H24ClN3O5/c1-4-30-21-17(23)11-14(12-18(21)29-3)13-24-19(27)9-10-20-25-22(26-31-20)15-5-7-16(28-2)8-6-15/h5-8,11-12H,4,9-10,13H2,1-3H3,(H,24,27). The van der Waals surface area contributed by atoms with Gasteiger partial charge < -0.3 is 24.1 Å². The molecule has 1 amide bonds. The molecular weight excluding hydrogens is 422 g/mol. The lowest BCUT2D eigenvalue weighted by molar-refractivity contribution is -0.121. The molecule has 9 heteroatoms. The van der Waals surface area contributed by atoms with E-state index in [4.69, 9.17) is 30.3 Å². The zero-order valence-electron chi connectivity index (χ0n) is 17.6. The predicted octanol–water partition coefficient (Wildman–Crippen LogP) is 4.05. The SMILES string of the molecule is CCOc1c(Cl)cc(CNC(=O)CCc2nc(-c3ccc(OC)cc3)no2)cc1OC. The van der Waals surface area contributed by atoms with E-state index in [9.17, 15) is 4.79 Å². The normalized spacial score (nSPS) is 10.6. The molecule has 2 aromatic carbocycles. The second-order valence-electron chi connectivity index (χ2n) is 6.56. The molecular formula is C22H24ClN3O5. The minimum atomic E-state index is -0.145. The minimum absolute atomic E-state index is 0.145. The van der Waals surface area contributed by atoms with E-state index in [1.165, 1.54) is 0 Å². The quantitative estimate of drug-likeness (QED) is 0.502. The third kappa shape index (κ3) is 5.88. The van der Waals surface area contributed by atoms with Gasteiger partial charge in [-0.15, -0.1) is 0 Å². The van der Waals surface area contributed by atoms with Crippen LogP contribution in [0.3, 0.4) is 0 Å². The number of aromatic nitrogens is 2. The van der Waals surface area contributed by atoms with Gasteiger partial charge in [-0.2, -0.15) is 4.98 Å². The number of hydrogen-bond donors (Lipinski definition) is 1. The molecule has 0 saturated heterocycles. The molecule has 0 aliphatic carbocycles. The second kappa shape index (κ2) is 10.7. The number of carbonyl (C=O) groups excluding carboxylic acids is 1. The fourth-order valence-electron chi connectivity index (χ4n) is 2.88. The molecule has 164 valence electrons. The molecule has 31 heavy (non-hydrogen) atoms. The van der Waals surface area contributed by atoms with E-state index < -0.39 is 0 Å². The van der Waals surface area contributed by atoms with Crippen molar-refractivity contribution in [3.63, 3.8) is 0 Å². The van der Waals surface area contributed by atoms with Crippen LogP contribution in [-0.2, 0) is 17.8 Å². The van der Waals surface area contributed by atoms with Crippen LogP contribution in [-0.4, -0.2) is 36.9 Å². The highest BCUT2D eigenvalue weighted by atomic mass is 35.5. The molecule has 0 saturated carbocycles. The molecule has 0 unspecified atom stereocenters. The number of carbonyl (C=O) groups is 1. The maximum atomic E-state index is 12.2. The molecule has 0 fully saturated rings. The van der Waals surface area contributed by atoms with Crippen molar-refractivity contribution < 1.29 is 23.5 Å². The maximum absolute atomic E-state index is 12.2. The lowest BCUT2D eigenvalue weighted by Crippen LogP contribution is -2.23. The van der Waals surface area contributed by atoms with Gasteiger partial charge in [-0.3, -0.25) is 4.79 Å². The molecule has 1 heterocycles. The van der Waals surface area contributed by atoms with Gasteiger partial charge in [-0.05, 0) is 48.9 Å². The van der Waals surface area contributed by atoms with Crippen LogP contribution in [0.2, 0.25) is 5.02 Å². The smallest absolute Gasteiger partial charge is 0.227 e. The van der Waals surface area contributed by atoms with Crippen LogP contribution in [0.5, 0.6) is 17.2 Å². The Balaban J connectivity index is 1.53. The second-order valence-corrected chi connectivity index (χ2v) is 6.97. The molecule has 0 spiro atoms. The third-order valence-electron chi connectivity index (χ3n) is 4.45. The Kier molecular flexibility index (Phi) is 7.72. The highest BCUT2D eigenvalue weighted by Crippen LogP contribution is 2.36. The summed E-state index contributed by atoms with van der Waals surface area (Å²) >= 11 is 6.27. The van der Waals surface area contributed by atoms with E-state index in [-0.39, 0.29) is 12.3 Å². The van der Waals surface area contributed by atoms with Crippen molar-refractivity contribution in [2.24, 2.45) is 0 Å². The zero-order valence-corrected chi connectivity index (χ0v) is 18.4. The van der Waals surface area contributed by atoms with Gasteiger partial charge in [-0.25, -0.2) is 0 Å². The number of halogens is 1. The van der Waals surface area contributed by atoms with Crippen molar-refractivity contribution in [3.8, 4) is 28.6 Å². The largest absolute Gasteiger partial charge is 0.497 e. The number of nitrogens with one attached hydrogen (secondary N) is 1. The molecule has 0 atom stereocenters. The summed E-state index contributed by atoms with van der Waals surface area (Å²) in [6, 6.07) is 10.9. The first-order valence-corrected chi connectivity index (χ1v) is 10.1. The highest BCUT2D eigenvalue weighted by Gasteiger charge is 2.14. The van der Waals surface area contributed by atoms with Gasteiger partial charge >= 0.3 is 0 Å². The number of rotatable bonds is 10. The monoisotopic (exact) mass is 445 g/mol. The van der Waals surface area contributed by atoms with Crippen molar-refractivity contribution in [1.29, 1.82) is 0 Å². The van der Waals surface area contributed by atoms with Crippen molar-refractivity contribution in [1.82, 2.24) is 15.5 Å². The summed E-state index contributed by atoms with van der Waals surface area (Å²) < 4.78 is 21.2. The van der Waals surface area contributed by atoms with Crippen molar-refractivity contribution in [2.45, 2.75) is 26.3 Å². The third-order valence-corrected chi connectivity index (χ3v) is 4.73. The summed E-state index contributed by atoms with van der Waals surface area (Å²) in [7, 11) is 3.15. The van der Waals surface area contributed by atoms with Crippen LogP contribution in [0.25, 0.3) is 11.4 Å². The number of benzene rings is 2. The summed E-state index contributed by atoms with van der Waals surface area (Å²) in [6.07, 6.45) is 0.550. The van der Waals surface area contributed by atoms with Gasteiger partial charge in [0.05, 0.1) is 25.8 Å². The molecule has 0 aliphatic heterocycles. The molecule has 1 N–H and O–H groups in total. The lowest BCUT2D eigenvalue weighted by atomic mass is 10.2. The van der Waals surface area contributed by atoms with Crippen LogP contribution in [0.1, 0.15) is 24.8 Å². The first kappa shape index (κ1) is 22.4. The van der Waals surface area contributed by atoms with E-state index in [2.05, 4.69) is 15.5 Å². The number of aryl methyl sites for hydroxylation is 1. The Morgan fingerprint density at radius 2 is 1.94 bits per heavy atom. The number of ether oxygens (including phenoxy) is 3. The number of nitrogens with zero attached hydrogens (tertiary/aromatic N) is 2. The van der Waals surface area contributed by atoms with Crippen molar-refractivity contribution in [3.05, 3.63) is 52.9 Å². The first-order chi connectivity index (χ1) is 15.0. The van der Waals surface area contributed by atoms with Crippen LogP contribution in [0.4, 0.5) is 0 Å². The number of hydrogen-bond acceptors (Lipinski definition) is 7. The summed E-state index contributed by atoms with van der Waals surface area (Å²) in [5, 5.41) is 7.25. The van der Waals surface area contributed by atoms with Gasteiger partial charge in [0.2, 0.25) is 17.6 Å². The average molecular weight is 446 g/mol. The Bertz CT molecular complexity index is 1020. The highest BCUT2D eigenvalue weighted by molar-refractivity contribution is 6.32. The minimum Gasteiger partial charge on any atom is -0.497 e. The average Bonchev–Trinajstić information content (AvgIpc) is 3.27. The summed E-state index contributed by atoms with van der Waals surface area (Å²) in [5.41, 5.74) is 1.61. The van der Waals surface area contributed by atoms with Gasteiger partial charge in [0.25, 0.3) is 0 Å². The van der Waals surface area contributed by atoms with E-state index in [1.54, 1.807) is 26.4 Å². The van der Waals surface area contributed by atoms with Gasteiger partial charge in [0.1, 0.15) is 5.75 Å². The van der Waals surface area contributed by atoms with Crippen LogP contribution >= 0.6 is 11.6 Å². The van der Waals surface area contributed by atoms with E-state index in [0.717, 1.165) is 16.9 Å². The maximum Gasteiger partial charge on any atom is 0.227 e. The van der Waals surface area contributed by atoms with E-state index >= 15 is 0 Å². The van der Waals surface area contributed by atoms with Crippen LogP contribution in [0.15, 0.2) is 40.9 Å². The Morgan fingerprint density at radius 3 is 2.61 bits per heavy atom. The fraction of sp³-hybridized carbons (Fsp3) is 0.318. The topological polar surface area (TPSA) is 95.7 Å². The van der Waals surface area contributed by atoms with Crippen molar-refractivity contribution in [2.75, 3.05) is 20.8 Å². The molecule has 8 nitrogen and oxygen atoms in total. The molecule has 0 radical (unpaired) electrons. The Morgan fingerprint density at radius 1 is 1.16 bits per heavy atom. The molecule has 0 bridgehead atoms. The van der Waals surface area contributed by atoms with Gasteiger partial charge in [-0.1, -0.05) is 16.8 Å². The first-order valence-electron chi connectivity index (χ1n) is 9.77. The summed E-state index contributed by atoms with van der Waals surface area (Å²) in [5.74, 6) is 2.48. The molecule has 1 aromatic heterocycles. The molecule has 3 aromatic rings. The van der Waals surface area contributed by atoms with Crippen LogP contribution in [0, 0.1) is 0 Å². The van der Waals surface area contributed by atoms with Gasteiger partial charge in [0.15, 0.2) is 11.5 Å². The molecule has 0 aliphatic rings. The van der Waals surface area contributed by atoms with Crippen molar-refractivity contribution >= 4 is 17.5 Å². The summed E-state index contributed by atoms with van der Waals surface area (Å²) in [6.45, 7) is 2.65. The molecule has 3 rings (SSSR count). The Hall–Kier alpha value is -3.26. The Labute approximate surface area is 185 Å². The van der Waals surface area contributed by atoms with Crippen LogP contribution < -0.4 is 19.5 Å². The number of methoxy groups -OCH3 is 2.